The minimum absolute atomic E-state index is 0.165. The van der Waals surface area contributed by atoms with Gasteiger partial charge in [-0.3, -0.25) is 0 Å². The fourth-order valence-corrected chi connectivity index (χ4v) is 3.24. The molecule has 1 saturated heterocycles. The highest BCUT2D eigenvalue weighted by molar-refractivity contribution is 7.89. The first kappa shape index (κ1) is 14.2. The molecule has 0 aromatic carbocycles. The Morgan fingerprint density at radius 3 is 2.74 bits per heavy atom. The summed E-state index contributed by atoms with van der Waals surface area (Å²) in [5.74, 6) is 0.207. The molecule has 0 bridgehead atoms. The number of nitrogens with zero attached hydrogens (tertiary/aromatic N) is 2. The maximum absolute atomic E-state index is 12.0. The molecule has 1 fully saturated rings. The summed E-state index contributed by atoms with van der Waals surface area (Å²) in [4.78, 5) is 6.23. The molecule has 0 spiro atoms. The Morgan fingerprint density at radius 2 is 2.05 bits per heavy atom. The largest absolute Gasteiger partial charge is 0.384 e. The molecule has 7 heteroatoms. The van der Waals surface area contributed by atoms with Gasteiger partial charge >= 0.3 is 0 Å². The van der Waals surface area contributed by atoms with Crippen LogP contribution in [0.15, 0.2) is 23.2 Å². The molecule has 1 aliphatic rings. The van der Waals surface area contributed by atoms with Crippen molar-refractivity contribution in [1.82, 2.24) is 14.6 Å². The molecule has 0 aliphatic carbocycles. The molecule has 2 heterocycles. The van der Waals surface area contributed by atoms with Crippen LogP contribution in [0.25, 0.3) is 0 Å². The predicted molar refractivity (Wildman–Crippen MR) is 74.1 cm³/mol. The second-order valence-corrected chi connectivity index (χ2v) is 6.48. The van der Waals surface area contributed by atoms with Gasteiger partial charge in [0.15, 0.2) is 0 Å². The summed E-state index contributed by atoms with van der Waals surface area (Å²) in [6.07, 6.45) is 5.08. The first-order valence-electron chi connectivity index (χ1n) is 6.51. The second kappa shape index (κ2) is 6.31. The number of nitrogen functional groups attached to an aromatic ring is 1. The molecule has 6 nitrogen and oxygen atoms in total. The van der Waals surface area contributed by atoms with Crippen LogP contribution in [-0.4, -0.2) is 44.5 Å². The van der Waals surface area contributed by atoms with Crippen LogP contribution in [0.4, 0.5) is 5.82 Å². The van der Waals surface area contributed by atoms with Crippen LogP contribution in [-0.2, 0) is 10.0 Å². The van der Waals surface area contributed by atoms with Crippen LogP contribution in [0.3, 0.4) is 0 Å². The van der Waals surface area contributed by atoms with Crippen LogP contribution in [0.2, 0.25) is 0 Å². The highest BCUT2D eigenvalue weighted by Crippen LogP contribution is 2.10. The van der Waals surface area contributed by atoms with Crippen LogP contribution < -0.4 is 10.5 Å². The van der Waals surface area contributed by atoms with E-state index in [4.69, 9.17) is 5.73 Å². The monoisotopic (exact) mass is 284 g/mol. The van der Waals surface area contributed by atoms with Crippen LogP contribution in [0.5, 0.6) is 0 Å². The Labute approximate surface area is 114 Å². The number of likely N-dealkylation sites (tertiary alicyclic amines) is 1. The molecule has 0 radical (unpaired) electrons. The Hall–Kier alpha value is -1.18. The van der Waals surface area contributed by atoms with Crippen molar-refractivity contribution in [3.63, 3.8) is 0 Å². The van der Waals surface area contributed by atoms with Gasteiger partial charge < -0.3 is 10.6 Å². The molecule has 106 valence electrons. The normalized spacial score (nSPS) is 17.5. The van der Waals surface area contributed by atoms with Crippen molar-refractivity contribution >= 4 is 15.8 Å². The van der Waals surface area contributed by atoms with E-state index >= 15 is 0 Å². The van der Waals surface area contributed by atoms with E-state index in [1.807, 2.05) is 0 Å². The molecule has 1 aromatic rings. The number of rotatable bonds is 5. The topological polar surface area (TPSA) is 88.3 Å². The SMILES string of the molecule is Nc1cc(S(=O)(=O)NCCN2CCCCC2)ccn1. The summed E-state index contributed by atoms with van der Waals surface area (Å²) < 4.78 is 26.6. The lowest BCUT2D eigenvalue weighted by Crippen LogP contribution is -2.37. The predicted octanol–water partition coefficient (Wildman–Crippen LogP) is 0.428. The van der Waals surface area contributed by atoms with Gasteiger partial charge in [0.25, 0.3) is 0 Å². The van der Waals surface area contributed by atoms with E-state index in [1.54, 1.807) is 0 Å². The Morgan fingerprint density at radius 1 is 1.32 bits per heavy atom. The zero-order valence-corrected chi connectivity index (χ0v) is 11.7. The van der Waals surface area contributed by atoms with Crippen LogP contribution in [0, 0.1) is 0 Å². The van der Waals surface area contributed by atoms with E-state index < -0.39 is 10.0 Å². The lowest BCUT2D eigenvalue weighted by Gasteiger charge is -2.26. The third-order valence-electron chi connectivity index (χ3n) is 3.23. The van der Waals surface area contributed by atoms with E-state index in [0.717, 1.165) is 19.6 Å². The zero-order valence-electron chi connectivity index (χ0n) is 10.9. The molecule has 0 amide bonds. The third-order valence-corrected chi connectivity index (χ3v) is 4.69. The van der Waals surface area contributed by atoms with Gasteiger partial charge in [-0.05, 0) is 32.0 Å². The standard InChI is InChI=1S/C12H20N4O2S/c13-12-10-11(4-5-14-12)19(17,18)15-6-9-16-7-2-1-3-8-16/h4-5,10,15H,1-3,6-9H2,(H2,13,14). The van der Waals surface area contributed by atoms with Crippen molar-refractivity contribution in [1.29, 1.82) is 0 Å². The second-order valence-electron chi connectivity index (χ2n) is 4.72. The maximum Gasteiger partial charge on any atom is 0.240 e. The van der Waals surface area contributed by atoms with E-state index in [0.29, 0.717) is 6.54 Å². The number of hydrogen-bond acceptors (Lipinski definition) is 5. The fourth-order valence-electron chi connectivity index (χ4n) is 2.20. The van der Waals surface area contributed by atoms with Gasteiger partial charge in [0.05, 0.1) is 4.90 Å². The van der Waals surface area contributed by atoms with Gasteiger partial charge in [-0.15, -0.1) is 0 Å². The lowest BCUT2D eigenvalue weighted by atomic mass is 10.1. The van der Waals surface area contributed by atoms with Gasteiger partial charge in [0, 0.05) is 25.4 Å². The maximum atomic E-state index is 12.0. The van der Waals surface area contributed by atoms with E-state index in [1.165, 1.54) is 37.6 Å². The smallest absolute Gasteiger partial charge is 0.240 e. The number of anilines is 1. The molecule has 0 atom stereocenters. The quantitative estimate of drug-likeness (QED) is 0.818. The molecule has 0 unspecified atom stereocenters. The van der Waals surface area contributed by atoms with Crippen molar-refractivity contribution in [3.8, 4) is 0 Å². The minimum atomic E-state index is -3.48. The zero-order chi connectivity index (χ0) is 13.7. The molecular weight excluding hydrogens is 264 g/mol. The van der Waals surface area contributed by atoms with E-state index in [9.17, 15) is 8.42 Å². The van der Waals surface area contributed by atoms with Crippen molar-refractivity contribution < 1.29 is 8.42 Å². The average Bonchev–Trinajstić information content (AvgIpc) is 2.40. The summed E-state index contributed by atoms with van der Waals surface area (Å²) in [7, 11) is -3.48. The number of nitrogens with one attached hydrogen (secondary N) is 1. The Bertz CT molecular complexity index is 512. The highest BCUT2D eigenvalue weighted by Gasteiger charge is 2.15. The molecule has 0 saturated carbocycles. The van der Waals surface area contributed by atoms with Crippen molar-refractivity contribution in [2.45, 2.75) is 24.2 Å². The first-order chi connectivity index (χ1) is 9.08. The number of piperidine rings is 1. The minimum Gasteiger partial charge on any atom is -0.384 e. The summed E-state index contributed by atoms with van der Waals surface area (Å²) in [6.45, 7) is 3.29. The number of aromatic nitrogens is 1. The van der Waals surface area contributed by atoms with E-state index in [-0.39, 0.29) is 10.7 Å². The molecule has 1 aromatic heterocycles. The van der Waals surface area contributed by atoms with Gasteiger partial charge in [-0.1, -0.05) is 6.42 Å². The Balaban J connectivity index is 1.87. The molecular formula is C12H20N4O2S. The molecule has 19 heavy (non-hydrogen) atoms. The number of hydrogen-bond donors (Lipinski definition) is 2. The number of nitrogens with two attached hydrogens (primary N) is 1. The van der Waals surface area contributed by atoms with E-state index in [2.05, 4.69) is 14.6 Å². The third kappa shape index (κ3) is 4.15. The van der Waals surface area contributed by atoms with Crippen molar-refractivity contribution in [3.05, 3.63) is 18.3 Å². The summed E-state index contributed by atoms with van der Waals surface area (Å²) in [5, 5.41) is 0. The molecule has 1 aliphatic heterocycles. The number of pyridine rings is 1. The highest BCUT2D eigenvalue weighted by atomic mass is 32.2. The lowest BCUT2D eigenvalue weighted by molar-refractivity contribution is 0.233. The van der Waals surface area contributed by atoms with Gasteiger partial charge in [0.1, 0.15) is 5.82 Å². The van der Waals surface area contributed by atoms with Crippen molar-refractivity contribution in [2.75, 3.05) is 31.9 Å². The fraction of sp³-hybridized carbons (Fsp3) is 0.583. The summed E-state index contributed by atoms with van der Waals surface area (Å²) in [5.41, 5.74) is 5.49. The summed E-state index contributed by atoms with van der Waals surface area (Å²) in [6, 6.07) is 2.81. The van der Waals surface area contributed by atoms with Gasteiger partial charge in [0.2, 0.25) is 10.0 Å². The summed E-state index contributed by atoms with van der Waals surface area (Å²) >= 11 is 0. The van der Waals surface area contributed by atoms with Gasteiger partial charge in [-0.25, -0.2) is 18.1 Å². The van der Waals surface area contributed by atoms with Crippen molar-refractivity contribution in [2.24, 2.45) is 0 Å². The van der Waals surface area contributed by atoms with Gasteiger partial charge in [-0.2, -0.15) is 0 Å². The number of sulfonamides is 1. The first-order valence-corrected chi connectivity index (χ1v) is 8.00. The molecule has 2 rings (SSSR count). The van der Waals surface area contributed by atoms with Crippen LogP contribution >= 0.6 is 0 Å². The molecule has 3 N–H and O–H groups in total. The average molecular weight is 284 g/mol. The Kier molecular flexibility index (Phi) is 4.73. The van der Waals surface area contributed by atoms with Crippen LogP contribution in [0.1, 0.15) is 19.3 Å².